The van der Waals surface area contributed by atoms with Gasteiger partial charge in [-0.3, -0.25) is 0 Å². The van der Waals surface area contributed by atoms with Crippen LogP contribution >= 0.6 is 12.4 Å². The van der Waals surface area contributed by atoms with Gasteiger partial charge in [0.2, 0.25) is 0 Å². The zero-order valence-corrected chi connectivity index (χ0v) is 15.8. The van der Waals surface area contributed by atoms with E-state index in [0.717, 1.165) is 43.1 Å². The number of halogens is 4. The van der Waals surface area contributed by atoms with Crippen LogP contribution in [0.25, 0.3) is 11.3 Å². The molecule has 0 bridgehead atoms. The number of anilines is 1. The molecule has 0 radical (unpaired) electrons. The number of rotatable bonds is 3. The highest BCUT2D eigenvalue weighted by atomic mass is 35.5. The normalized spacial score (nSPS) is 17.3. The van der Waals surface area contributed by atoms with Crippen LogP contribution in [0.4, 0.5) is 19.0 Å². The summed E-state index contributed by atoms with van der Waals surface area (Å²) in [7, 11) is 0. The number of phenolic OH excluding ortho intramolecular Hbond substituents is 1. The monoisotopic (exact) mass is 402 g/mol. The molecule has 0 aliphatic carbocycles. The quantitative estimate of drug-likeness (QED) is 0.722. The molecule has 2 aromatic rings. The first-order valence-electron chi connectivity index (χ1n) is 8.49. The van der Waals surface area contributed by atoms with Crippen molar-refractivity contribution in [3.63, 3.8) is 0 Å². The highest BCUT2D eigenvalue weighted by Gasteiger charge is 2.31. The average molecular weight is 403 g/mol. The van der Waals surface area contributed by atoms with E-state index in [1.54, 1.807) is 0 Å². The Bertz CT molecular complexity index is 808. The highest BCUT2D eigenvalue weighted by Crippen LogP contribution is 2.37. The van der Waals surface area contributed by atoms with Crippen molar-refractivity contribution >= 4 is 18.2 Å². The Morgan fingerprint density at radius 1 is 1.19 bits per heavy atom. The summed E-state index contributed by atoms with van der Waals surface area (Å²) in [5, 5.41) is 25.1. The summed E-state index contributed by atoms with van der Waals surface area (Å²) in [5.41, 5.74) is 1.34. The lowest BCUT2D eigenvalue weighted by Crippen LogP contribution is -2.38. The second-order valence-corrected chi connectivity index (χ2v) is 6.56. The maximum absolute atomic E-state index is 12.8. The second kappa shape index (κ2) is 8.31. The predicted molar refractivity (Wildman–Crippen MR) is 100 cm³/mol. The molecule has 3 rings (SSSR count). The molecule has 0 amide bonds. The fourth-order valence-electron chi connectivity index (χ4n) is 3.07. The Kier molecular flexibility index (Phi) is 6.54. The molecule has 3 N–H and O–H groups in total. The SMILES string of the molecule is Cc1c(N[C@@H]2CCCNC2)nnc(-c2ccc(C(F)(F)F)cc2O)c1C.Cl. The maximum atomic E-state index is 12.8. The summed E-state index contributed by atoms with van der Waals surface area (Å²) in [6, 6.07) is 3.14. The third-order valence-corrected chi connectivity index (χ3v) is 4.74. The molecule has 0 unspecified atom stereocenters. The fourth-order valence-corrected chi connectivity index (χ4v) is 3.07. The van der Waals surface area contributed by atoms with E-state index in [4.69, 9.17) is 0 Å². The van der Waals surface area contributed by atoms with Crippen LogP contribution < -0.4 is 10.6 Å². The van der Waals surface area contributed by atoms with E-state index in [1.165, 1.54) is 6.07 Å². The lowest BCUT2D eigenvalue weighted by molar-refractivity contribution is -0.137. The number of aromatic nitrogens is 2. The van der Waals surface area contributed by atoms with Crippen LogP contribution in [0.3, 0.4) is 0 Å². The van der Waals surface area contributed by atoms with E-state index in [2.05, 4.69) is 20.8 Å². The number of alkyl halides is 3. The van der Waals surface area contributed by atoms with Gasteiger partial charge in [-0.15, -0.1) is 22.6 Å². The van der Waals surface area contributed by atoms with Crippen molar-refractivity contribution in [2.75, 3.05) is 18.4 Å². The fraction of sp³-hybridized carbons (Fsp3) is 0.444. The van der Waals surface area contributed by atoms with Gasteiger partial charge in [0.1, 0.15) is 5.75 Å². The number of nitrogens with one attached hydrogen (secondary N) is 2. The Labute approximate surface area is 161 Å². The van der Waals surface area contributed by atoms with Gasteiger partial charge in [0.05, 0.1) is 11.3 Å². The molecule has 0 spiro atoms. The molecule has 1 fully saturated rings. The second-order valence-electron chi connectivity index (χ2n) is 6.56. The summed E-state index contributed by atoms with van der Waals surface area (Å²) in [5.74, 6) is 0.195. The number of nitrogens with zero attached hydrogens (tertiary/aromatic N) is 2. The molecular weight excluding hydrogens is 381 g/mol. The molecule has 0 saturated carbocycles. The van der Waals surface area contributed by atoms with Crippen LogP contribution in [0.1, 0.15) is 29.5 Å². The first-order valence-corrected chi connectivity index (χ1v) is 8.49. The predicted octanol–water partition coefficient (Wildman–Crippen LogP) is 4.07. The Balaban J connectivity index is 0.00000261. The molecule has 1 aliphatic heterocycles. The van der Waals surface area contributed by atoms with Crippen molar-refractivity contribution in [3.05, 3.63) is 34.9 Å². The summed E-state index contributed by atoms with van der Waals surface area (Å²) >= 11 is 0. The van der Waals surface area contributed by atoms with E-state index < -0.39 is 17.5 Å². The van der Waals surface area contributed by atoms with Gasteiger partial charge in [0.25, 0.3) is 0 Å². The van der Waals surface area contributed by atoms with Gasteiger partial charge in [-0.2, -0.15) is 13.2 Å². The maximum Gasteiger partial charge on any atom is 0.416 e. The minimum absolute atomic E-state index is 0. The molecule has 27 heavy (non-hydrogen) atoms. The van der Waals surface area contributed by atoms with Gasteiger partial charge < -0.3 is 15.7 Å². The van der Waals surface area contributed by atoms with Crippen LogP contribution in [0, 0.1) is 13.8 Å². The lowest BCUT2D eigenvalue weighted by Gasteiger charge is -2.25. The number of hydrogen-bond acceptors (Lipinski definition) is 5. The molecule has 9 heteroatoms. The average Bonchev–Trinajstić information content (AvgIpc) is 2.60. The molecule has 5 nitrogen and oxygen atoms in total. The number of aromatic hydroxyl groups is 1. The number of benzene rings is 1. The smallest absolute Gasteiger partial charge is 0.416 e. The Hall–Kier alpha value is -2.06. The van der Waals surface area contributed by atoms with Crippen molar-refractivity contribution in [2.45, 2.75) is 38.9 Å². The van der Waals surface area contributed by atoms with Gasteiger partial charge in [0.15, 0.2) is 5.82 Å². The molecule has 1 aliphatic rings. The van der Waals surface area contributed by atoms with E-state index >= 15 is 0 Å². The Morgan fingerprint density at radius 2 is 1.93 bits per heavy atom. The standard InChI is InChI=1S/C18H21F3N4O.ClH/c1-10-11(2)17(23-13-4-3-7-22-9-13)25-24-16(10)14-6-5-12(8-15(14)26)18(19,20)21;/h5-6,8,13,22,26H,3-4,7,9H2,1-2H3,(H,23,25);1H/t13-;/m1./s1. The van der Waals surface area contributed by atoms with Gasteiger partial charge >= 0.3 is 6.18 Å². The van der Waals surface area contributed by atoms with Crippen molar-refractivity contribution in [2.24, 2.45) is 0 Å². The van der Waals surface area contributed by atoms with Crippen molar-refractivity contribution in [3.8, 4) is 17.0 Å². The van der Waals surface area contributed by atoms with E-state index in [9.17, 15) is 18.3 Å². The van der Waals surface area contributed by atoms with Crippen LogP contribution in [-0.2, 0) is 6.18 Å². The van der Waals surface area contributed by atoms with Crippen molar-refractivity contribution in [1.82, 2.24) is 15.5 Å². The largest absolute Gasteiger partial charge is 0.507 e. The zero-order valence-electron chi connectivity index (χ0n) is 15.0. The van der Waals surface area contributed by atoms with Gasteiger partial charge in [-0.25, -0.2) is 0 Å². The lowest BCUT2D eigenvalue weighted by atomic mass is 10.0. The number of phenols is 1. The van der Waals surface area contributed by atoms with E-state index in [0.29, 0.717) is 17.6 Å². The molecular formula is C18H22ClF3N4O. The molecule has 1 aromatic heterocycles. The van der Waals surface area contributed by atoms with E-state index in [-0.39, 0.29) is 24.0 Å². The molecule has 1 aromatic carbocycles. The number of piperidine rings is 1. The third-order valence-electron chi connectivity index (χ3n) is 4.74. The number of hydrogen-bond donors (Lipinski definition) is 3. The summed E-state index contributed by atoms with van der Waals surface area (Å²) in [6.07, 6.45) is -2.39. The molecule has 1 atom stereocenters. The summed E-state index contributed by atoms with van der Waals surface area (Å²) in [4.78, 5) is 0. The van der Waals surface area contributed by atoms with Crippen LogP contribution in [0.5, 0.6) is 5.75 Å². The molecule has 1 saturated heterocycles. The minimum atomic E-state index is -4.51. The van der Waals surface area contributed by atoms with Crippen molar-refractivity contribution in [1.29, 1.82) is 0 Å². The molecule has 148 valence electrons. The Morgan fingerprint density at radius 3 is 2.52 bits per heavy atom. The van der Waals surface area contributed by atoms with Gasteiger partial charge in [-0.05, 0) is 62.6 Å². The van der Waals surface area contributed by atoms with Crippen molar-refractivity contribution < 1.29 is 18.3 Å². The zero-order chi connectivity index (χ0) is 18.9. The van der Waals surface area contributed by atoms with Gasteiger partial charge in [-0.1, -0.05) is 0 Å². The van der Waals surface area contributed by atoms with Crippen LogP contribution in [0.2, 0.25) is 0 Å². The van der Waals surface area contributed by atoms with Crippen LogP contribution in [0.15, 0.2) is 18.2 Å². The minimum Gasteiger partial charge on any atom is -0.507 e. The summed E-state index contributed by atoms with van der Waals surface area (Å²) < 4.78 is 38.3. The topological polar surface area (TPSA) is 70.1 Å². The third kappa shape index (κ3) is 4.62. The van der Waals surface area contributed by atoms with E-state index in [1.807, 2.05) is 13.8 Å². The summed E-state index contributed by atoms with van der Waals surface area (Å²) in [6.45, 7) is 5.56. The first-order chi connectivity index (χ1) is 12.3. The highest BCUT2D eigenvalue weighted by molar-refractivity contribution is 5.85. The first kappa shape index (κ1) is 21.2. The van der Waals surface area contributed by atoms with Crippen LogP contribution in [-0.4, -0.2) is 34.4 Å². The van der Waals surface area contributed by atoms with Gasteiger partial charge in [0, 0.05) is 18.2 Å². The molecule has 2 heterocycles.